The largest absolute Gasteiger partial charge is 0.484 e. The smallest absolute Gasteiger partial charge is 0.262 e. The standard InChI is InChI=1S/C21H24N2O2S/c1-21(2,3)14-9-10-16-17(12-22)20(26-18(16)11-14)23-19(24)13-25-15-7-5-4-6-8-15/h4-8,14H,9-11,13H2,1-3H3,(H,23,24). The van der Waals surface area contributed by atoms with E-state index in [0.717, 1.165) is 24.8 Å². The number of hydrogen-bond donors (Lipinski definition) is 1. The number of ether oxygens (including phenoxy) is 1. The molecule has 0 spiro atoms. The van der Waals surface area contributed by atoms with Crippen molar-refractivity contribution >= 4 is 22.2 Å². The minimum absolute atomic E-state index is 0.0674. The van der Waals surface area contributed by atoms with Crippen LogP contribution >= 0.6 is 11.3 Å². The van der Waals surface area contributed by atoms with Gasteiger partial charge in [-0.2, -0.15) is 5.26 Å². The Hall–Kier alpha value is -2.32. The van der Waals surface area contributed by atoms with Gasteiger partial charge in [-0.25, -0.2) is 0 Å². The van der Waals surface area contributed by atoms with Gasteiger partial charge in [-0.15, -0.1) is 11.3 Å². The van der Waals surface area contributed by atoms with Gasteiger partial charge in [0.1, 0.15) is 16.8 Å². The second-order valence-electron chi connectivity index (χ2n) is 7.78. The molecule has 4 nitrogen and oxygen atoms in total. The molecule has 0 fully saturated rings. The summed E-state index contributed by atoms with van der Waals surface area (Å²) in [6.45, 7) is 6.74. The molecule has 1 amide bonds. The summed E-state index contributed by atoms with van der Waals surface area (Å²) in [5.74, 6) is 1.02. The van der Waals surface area contributed by atoms with Gasteiger partial charge in [0.15, 0.2) is 6.61 Å². The molecule has 0 saturated carbocycles. The molecule has 5 heteroatoms. The minimum Gasteiger partial charge on any atom is -0.484 e. The monoisotopic (exact) mass is 368 g/mol. The Morgan fingerprint density at radius 3 is 2.73 bits per heavy atom. The van der Waals surface area contributed by atoms with Gasteiger partial charge >= 0.3 is 0 Å². The number of nitrogens with one attached hydrogen (secondary N) is 1. The van der Waals surface area contributed by atoms with Crippen LogP contribution in [0.2, 0.25) is 0 Å². The van der Waals surface area contributed by atoms with E-state index in [-0.39, 0.29) is 17.9 Å². The Bertz CT molecular complexity index is 828. The van der Waals surface area contributed by atoms with Gasteiger partial charge in [-0.05, 0) is 48.3 Å². The van der Waals surface area contributed by atoms with Crippen LogP contribution in [0, 0.1) is 22.7 Å². The van der Waals surface area contributed by atoms with E-state index in [1.165, 1.54) is 4.88 Å². The molecule has 0 saturated heterocycles. The molecule has 1 heterocycles. The molecule has 0 radical (unpaired) electrons. The third-order valence-electron chi connectivity index (χ3n) is 4.97. The van der Waals surface area contributed by atoms with Crippen molar-refractivity contribution in [3.05, 3.63) is 46.3 Å². The van der Waals surface area contributed by atoms with Crippen LogP contribution in [-0.2, 0) is 17.6 Å². The maximum absolute atomic E-state index is 12.3. The molecule has 0 bridgehead atoms. The summed E-state index contributed by atoms with van der Waals surface area (Å²) < 4.78 is 5.49. The topological polar surface area (TPSA) is 62.1 Å². The fourth-order valence-corrected chi connectivity index (χ4v) is 4.65. The third kappa shape index (κ3) is 4.08. The summed E-state index contributed by atoms with van der Waals surface area (Å²) in [5.41, 5.74) is 2.00. The summed E-state index contributed by atoms with van der Waals surface area (Å²) in [6, 6.07) is 11.5. The number of carbonyl (C=O) groups is 1. The average Bonchev–Trinajstić information content (AvgIpc) is 2.96. The van der Waals surface area contributed by atoms with Crippen molar-refractivity contribution in [2.45, 2.75) is 40.0 Å². The summed E-state index contributed by atoms with van der Waals surface area (Å²) in [5, 5.41) is 13.1. The van der Waals surface area contributed by atoms with Crippen molar-refractivity contribution in [2.75, 3.05) is 11.9 Å². The van der Waals surface area contributed by atoms with E-state index in [4.69, 9.17) is 4.74 Å². The molecular weight excluding hydrogens is 344 g/mol. The fourth-order valence-electron chi connectivity index (χ4n) is 3.36. The Morgan fingerprint density at radius 1 is 1.35 bits per heavy atom. The highest BCUT2D eigenvalue weighted by atomic mass is 32.1. The first-order valence-electron chi connectivity index (χ1n) is 8.91. The summed E-state index contributed by atoms with van der Waals surface area (Å²) in [7, 11) is 0. The van der Waals surface area contributed by atoms with Crippen LogP contribution in [0.15, 0.2) is 30.3 Å². The molecule has 1 aliphatic rings. The SMILES string of the molecule is CC(C)(C)C1CCc2c(sc(NC(=O)COc3ccccc3)c2C#N)C1. The van der Waals surface area contributed by atoms with Gasteiger partial charge < -0.3 is 10.1 Å². The highest BCUT2D eigenvalue weighted by molar-refractivity contribution is 7.16. The molecule has 136 valence electrons. The zero-order valence-corrected chi connectivity index (χ0v) is 16.3. The zero-order chi connectivity index (χ0) is 18.7. The summed E-state index contributed by atoms with van der Waals surface area (Å²) >= 11 is 1.55. The minimum atomic E-state index is -0.240. The third-order valence-corrected chi connectivity index (χ3v) is 6.14. The van der Waals surface area contributed by atoms with Gasteiger partial charge in [0, 0.05) is 4.88 Å². The highest BCUT2D eigenvalue weighted by Gasteiger charge is 2.32. The number of rotatable bonds is 4. The average molecular weight is 369 g/mol. The van der Waals surface area contributed by atoms with E-state index in [0.29, 0.717) is 22.2 Å². The zero-order valence-electron chi connectivity index (χ0n) is 15.5. The second kappa shape index (κ2) is 7.51. The first kappa shape index (κ1) is 18.5. The fraction of sp³-hybridized carbons (Fsp3) is 0.429. The summed E-state index contributed by atoms with van der Waals surface area (Å²) in [4.78, 5) is 13.5. The lowest BCUT2D eigenvalue weighted by molar-refractivity contribution is -0.118. The Balaban J connectivity index is 1.70. The molecule has 1 aliphatic carbocycles. The Morgan fingerprint density at radius 2 is 2.08 bits per heavy atom. The quantitative estimate of drug-likeness (QED) is 0.844. The van der Waals surface area contributed by atoms with Gasteiger partial charge in [0.05, 0.1) is 5.56 Å². The molecule has 2 aromatic rings. The molecule has 1 aromatic heterocycles. The van der Waals surface area contributed by atoms with E-state index in [2.05, 4.69) is 32.2 Å². The van der Waals surface area contributed by atoms with Crippen LogP contribution in [0.25, 0.3) is 0 Å². The highest BCUT2D eigenvalue weighted by Crippen LogP contribution is 2.43. The van der Waals surface area contributed by atoms with Gasteiger partial charge in [0.2, 0.25) is 0 Å². The van der Waals surface area contributed by atoms with E-state index < -0.39 is 0 Å². The van der Waals surface area contributed by atoms with E-state index in [1.807, 2.05) is 30.3 Å². The van der Waals surface area contributed by atoms with Crippen molar-refractivity contribution < 1.29 is 9.53 Å². The van der Waals surface area contributed by atoms with Crippen molar-refractivity contribution in [3.8, 4) is 11.8 Å². The number of thiophene rings is 1. The number of para-hydroxylation sites is 1. The molecule has 26 heavy (non-hydrogen) atoms. The number of amides is 1. The molecule has 1 unspecified atom stereocenters. The Kier molecular flexibility index (Phi) is 5.33. The molecular formula is C21H24N2O2S. The van der Waals surface area contributed by atoms with Crippen molar-refractivity contribution in [2.24, 2.45) is 11.3 Å². The van der Waals surface area contributed by atoms with E-state index in [9.17, 15) is 10.1 Å². The summed E-state index contributed by atoms with van der Waals surface area (Å²) in [6.07, 6.45) is 2.98. The van der Waals surface area contributed by atoms with E-state index in [1.54, 1.807) is 11.3 Å². The number of benzene rings is 1. The number of anilines is 1. The lowest BCUT2D eigenvalue weighted by Crippen LogP contribution is -2.26. The van der Waals surface area contributed by atoms with Crippen LogP contribution < -0.4 is 10.1 Å². The normalized spacial score (nSPS) is 16.5. The lowest BCUT2D eigenvalue weighted by Gasteiger charge is -2.33. The predicted octanol–water partition coefficient (Wildman–Crippen LogP) is 4.79. The first-order valence-corrected chi connectivity index (χ1v) is 9.72. The molecule has 0 aliphatic heterocycles. The second-order valence-corrected chi connectivity index (χ2v) is 8.88. The van der Waals surface area contributed by atoms with Gasteiger partial charge in [-0.3, -0.25) is 4.79 Å². The maximum atomic E-state index is 12.3. The maximum Gasteiger partial charge on any atom is 0.262 e. The molecule has 3 rings (SSSR count). The van der Waals surface area contributed by atoms with Crippen molar-refractivity contribution in [1.29, 1.82) is 5.26 Å². The first-order chi connectivity index (χ1) is 12.4. The van der Waals surface area contributed by atoms with Crippen LogP contribution in [0.3, 0.4) is 0 Å². The van der Waals surface area contributed by atoms with Crippen molar-refractivity contribution in [3.63, 3.8) is 0 Å². The number of hydrogen-bond acceptors (Lipinski definition) is 4. The molecule has 1 aromatic carbocycles. The van der Waals surface area contributed by atoms with Gasteiger partial charge in [-0.1, -0.05) is 39.0 Å². The molecule has 1 atom stereocenters. The van der Waals surface area contributed by atoms with Gasteiger partial charge in [0.25, 0.3) is 5.91 Å². The van der Waals surface area contributed by atoms with Crippen molar-refractivity contribution in [1.82, 2.24) is 0 Å². The van der Waals surface area contributed by atoms with E-state index >= 15 is 0 Å². The van der Waals surface area contributed by atoms with Crippen LogP contribution in [0.5, 0.6) is 5.75 Å². The number of carbonyl (C=O) groups excluding carboxylic acids is 1. The molecule has 1 N–H and O–H groups in total. The predicted molar refractivity (Wildman–Crippen MR) is 105 cm³/mol. The van der Waals surface area contributed by atoms with Crippen LogP contribution in [-0.4, -0.2) is 12.5 Å². The van der Waals surface area contributed by atoms with Crippen LogP contribution in [0.4, 0.5) is 5.00 Å². The number of fused-ring (bicyclic) bond motifs is 1. The number of nitriles is 1. The lowest BCUT2D eigenvalue weighted by atomic mass is 9.72. The Labute approximate surface area is 158 Å². The number of nitrogens with zero attached hydrogens (tertiary/aromatic N) is 1. The van der Waals surface area contributed by atoms with Crippen LogP contribution in [0.1, 0.15) is 43.2 Å².